The Bertz CT molecular complexity index is 546. The summed E-state index contributed by atoms with van der Waals surface area (Å²) in [6.07, 6.45) is 11.7. The van der Waals surface area contributed by atoms with E-state index in [4.69, 9.17) is 4.42 Å². The van der Waals surface area contributed by atoms with Crippen molar-refractivity contribution in [1.82, 2.24) is 0 Å². The highest BCUT2D eigenvalue weighted by molar-refractivity contribution is 5.51. The van der Waals surface area contributed by atoms with Crippen LogP contribution in [0.15, 0.2) is 58.1 Å². The largest absolute Gasteiger partial charge is 0.512 e. The van der Waals surface area contributed by atoms with Gasteiger partial charge in [-0.1, -0.05) is 32.1 Å². The van der Waals surface area contributed by atoms with Gasteiger partial charge in [0.1, 0.15) is 0 Å². The van der Waals surface area contributed by atoms with Gasteiger partial charge in [-0.15, -0.1) is 0 Å². The molecule has 0 aliphatic heterocycles. The van der Waals surface area contributed by atoms with Crippen molar-refractivity contribution >= 4 is 0 Å². The Balaban J connectivity index is 2.04. The van der Waals surface area contributed by atoms with Crippen LogP contribution in [0.1, 0.15) is 32.3 Å². The van der Waals surface area contributed by atoms with E-state index in [0.29, 0.717) is 11.7 Å². The van der Waals surface area contributed by atoms with Gasteiger partial charge in [-0.2, -0.15) is 0 Å². The summed E-state index contributed by atoms with van der Waals surface area (Å²) >= 11 is 0. The van der Waals surface area contributed by atoms with Crippen LogP contribution >= 0.6 is 0 Å². The molecule has 2 atom stereocenters. The topological polar surface area (TPSA) is 33.4 Å². The smallest absolute Gasteiger partial charge is 0.0966 e. The van der Waals surface area contributed by atoms with Crippen LogP contribution in [-0.4, -0.2) is 5.11 Å². The molecule has 1 aromatic heterocycles. The summed E-state index contributed by atoms with van der Waals surface area (Å²) in [6.45, 7) is 4.32. The van der Waals surface area contributed by atoms with Crippen LogP contribution < -0.4 is 0 Å². The molecule has 2 aliphatic carbocycles. The molecule has 3 rings (SSSR count). The lowest BCUT2D eigenvalue weighted by atomic mass is 9.70. The highest BCUT2D eigenvalue weighted by atomic mass is 16.3. The molecule has 0 saturated carbocycles. The van der Waals surface area contributed by atoms with E-state index in [1.165, 1.54) is 5.57 Å². The number of fused-ring (bicyclic) bond motifs is 1. The first-order valence-electron chi connectivity index (χ1n) is 6.43. The second kappa shape index (κ2) is 3.91. The molecule has 0 fully saturated rings. The second-order valence-electron chi connectivity index (χ2n) is 5.67. The molecule has 0 aromatic carbocycles. The molecular weight excluding hydrogens is 224 g/mol. The maximum atomic E-state index is 10.2. The van der Waals surface area contributed by atoms with E-state index in [0.717, 1.165) is 24.0 Å². The first-order valence-corrected chi connectivity index (χ1v) is 6.43. The summed E-state index contributed by atoms with van der Waals surface area (Å²) in [5.41, 5.74) is 3.37. The van der Waals surface area contributed by atoms with Crippen molar-refractivity contribution in [3.05, 3.63) is 59.3 Å². The molecule has 1 heterocycles. The molecule has 0 saturated heterocycles. The average molecular weight is 242 g/mol. The average Bonchev–Trinajstić information content (AvgIpc) is 2.84. The lowest BCUT2D eigenvalue weighted by Gasteiger charge is -2.33. The van der Waals surface area contributed by atoms with Gasteiger partial charge in [0.2, 0.25) is 0 Å². The lowest BCUT2D eigenvalue weighted by Crippen LogP contribution is -2.25. The third kappa shape index (κ3) is 1.72. The summed E-state index contributed by atoms with van der Waals surface area (Å²) in [5.74, 6) is 0.978. The molecule has 2 nitrogen and oxygen atoms in total. The minimum Gasteiger partial charge on any atom is -0.512 e. The molecule has 1 N–H and O–H groups in total. The SMILES string of the molecule is CC1C=C2C=CC(C)(c3ccoc3)CC2=C(O)C1. The van der Waals surface area contributed by atoms with E-state index in [9.17, 15) is 5.11 Å². The number of hydrogen-bond acceptors (Lipinski definition) is 2. The zero-order valence-corrected chi connectivity index (χ0v) is 10.8. The minimum absolute atomic E-state index is 0.0752. The normalized spacial score (nSPS) is 31.2. The molecule has 94 valence electrons. The van der Waals surface area contributed by atoms with Crippen LogP contribution in [0.25, 0.3) is 0 Å². The van der Waals surface area contributed by atoms with Gasteiger partial charge >= 0.3 is 0 Å². The number of allylic oxidation sites excluding steroid dienone is 6. The van der Waals surface area contributed by atoms with Crippen LogP contribution in [0.3, 0.4) is 0 Å². The maximum Gasteiger partial charge on any atom is 0.0966 e. The summed E-state index contributed by atoms with van der Waals surface area (Å²) in [6, 6.07) is 2.00. The van der Waals surface area contributed by atoms with Crippen LogP contribution in [0.4, 0.5) is 0 Å². The highest BCUT2D eigenvalue weighted by Gasteiger charge is 2.33. The number of hydrogen-bond donors (Lipinski definition) is 1. The van der Waals surface area contributed by atoms with Crippen molar-refractivity contribution in [2.45, 2.75) is 32.1 Å². The standard InChI is InChI=1S/C16H18O2/c1-11-7-12-3-5-16(2,13-4-6-18-10-13)9-14(12)15(17)8-11/h3-7,10-11,17H,8-9H2,1-2H3. The van der Waals surface area contributed by atoms with Gasteiger partial charge in [-0.05, 0) is 29.6 Å². The van der Waals surface area contributed by atoms with Crippen molar-refractivity contribution in [2.75, 3.05) is 0 Å². The Morgan fingerprint density at radius 2 is 2.28 bits per heavy atom. The minimum atomic E-state index is -0.0752. The molecule has 0 spiro atoms. The summed E-state index contributed by atoms with van der Waals surface area (Å²) in [4.78, 5) is 0. The van der Waals surface area contributed by atoms with E-state index in [2.05, 4.69) is 32.1 Å². The van der Waals surface area contributed by atoms with E-state index in [1.807, 2.05) is 6.07 Å². The van der Waals surface area contributed by atoms with E-state index in [1.54, 1.807) is 12.5 Å². The zero-order chi connectivity index (χ0) is 12.8. The molecule has 0 amide bonds. The Morgan fingerprint density at radius 3 is 3.00 bits per heavy atom. The van der Waals surface area contributed by atoms with Crippen molar-refractivity contribution in [3.63, 3.8) is 0 Å². The lowest BCUT2D eigenvalue weighted by molar-refractivity contribution is 0.354. The van der Waals surface area contributed by atoms with Crippen LogP contribution in [0.2, 0.25) is 0 Å². The predicted octanol–water partition coefficient (Wildman–Crippen LogP) is 4.28. The Morgan fingerprint density at radius 1 is 1.44 bits per heavy atom. The Labute approximate surface area is 107 Å². The molecule has 2 aliphatic rings. The highest BCUT2D eigenvalue weighted by Crippen LogP contribution is 2.43. The summed E-state index contributed by atoms with van der Waals surface area (Å²) < 4.78 is 5.19. The Hall–Kier alpha value is -1.70. The Kier molecular flexibility index (Phi) is 2.47. The third-order valence-corrected chi connectivity index (χ3v) is 4.03. The second-order valence-corrected chi connectivity index (χ2v) is 5.67. The first-order chi connectivity index (χ1) is 8.58. The molecular formula is C16H18O2. The quantitative estimate of drug-likeness (QED) is 0.797. The summed E-state index contributed by atoms with van der Waals surface area (Å²) in [7, 11) is 0. The number of furan rings is 1. The van der Waals surface area contributed by atoms with Gasteiger partial charge in [0.25, 0.3) is 0 Å². The van der Waals surface area contributed by atoms with Gasteiger partial charge in [0.05, 0.1) is 18.3 Å². The molecule has 1 aromatic rings. The van der Waals surface area contributed by atoms with E-state index >= 15 is 0 Å². The van der Waals surface area contributed by atoms with Crippen molar-refractivity contribution in [3.8, 4) is 0 Å². The zero-order valence-electron chi connectivity index (χ0n) is 10.8. The van der Waals surface area contributed by atoms with Gasteiger partial charge in [0.15, 0.2) is 0 Å². The van der Waals surface area contributed by atoms with Crippen molar-refractivity contribution < 1.29 is 9.52 Å². The monoisotopic (exact) mass is 242 g/mol. The van der Waals surface area contributed by atoms with Crippen LogP contribution in [0, 0.1) is 5.92 Å². The van der Waals surface area contributed by atoms with Crippen LogP contribution in [-0.2, 0) is 5.41 Å². The molecule has 18 heavy (non-hydrogen) atoms. The third-order valence-electron chi connectivity index (χ3n) is 4.03. The van der Waals surface area contributed by atoms with E-state index in [-0.39, 0.29) is 5.41 Å². The fourth-order valence-corrected chi connectivity index (χ4v) is 2.91. The first kappa shape index (κ1) is 11.4. The number of rotatable bonds is 1. The van der Waals surface area contributed by atoms with Crippen molar-refractivity contribution in [1.29, 1.82) is 0 Å². The van der Waals surface area contributed by atoms with Gasteiger partial charge in [0, 0.05) is 17.4 Å². The van der Waals surface area contributed by atoms with Gasteiger partial charge in [-0.3, -0.25) is 0 Å². The fraction of sp³-hybridized carbons (Fsp3) is 0.375. The van der Waals surface area contributed by atoms with E-state index < -0.39 is 0 Å². The number of aliphatic hydroxyl groups excluding tert-OH is 1. The predicted molar refractivity (Wildman–Crippen MR) is 71.3 cm³/mol. The van der Waals surface area contributed by atoms with Crippen LogP contribution in [0.5, 0.6) is 0 Å². The molecule has 2 unspecified atom stereocenters. The molecule has 0 bridgehead atoms. The molecule has 2 heteroatoms. The summed E-state index contributed by atoms with van der Waals surface area (Å²) in [5, 5.41) is 10.2. The van der Waals surface area contributed by atoms with Gasteiger partial charge < -0.3 is 9.52 Å². The fourth-order valence-electron chi connectivity index (χ4n) is 2.91. The molecule has 0 radical (unpaired) electrons. The maximum absolute atomic E-state index is 10.2. The number of aliphatic hydroxyl groups is 1. The van der Waals surface area contributed by atoms with Gasteiger partial charge in [-0.25, -0.2) is 0 Å². The van der Waals surface area contributed by atoms with Crippen molar-refractivity contribution in [2.24, 2.45) is 5.92 Å².